The third kappa shape index (κ3) is 2.06. The van der Waals surface area contributed by atoms with Crippen molar-refractivity contribution in [2.45, 2.75) is 0 Å². The second-order valence-corrected chi connectivity index (χ2v) is 3.79. The minimum Gasteiger partial charge on any atom is -0.395 e. The predicted molar refractivity (Wildman–Crippen MR) is 59.4 cm³/mol. The molecule has 0 fully saturated rings. The minimum absolute atomic E-state index is 0.0232. The lowest BCUT2D eigenvalue weighted by molar-refractivity contribution is -0.115. The Morgan fingerprint density at radius 1 is 1.53 bits per heavy atom. The molecule has 0 saturated heterocycles. The van der Waals surface area contributed by atoms with E-state index < -0.39 is 0 Å². The van der Waals surface area contributed by atoms with Crippen LogP contribution in [0.5, 0.6) is 0 Å². The number of carbonyl (C=O) groups is 1. The van der Waals surface area contributed by atoms with Crippen LogP contribution in [0.2, 0.25) is 5.02 Å². The quantitative estimate of drug-likeness (QED) is 0.794. The molecule has 0 atom stereocenters. The Bertz CT molecular complexity index is 395. The second kappa shape index (κ2) is 4.08. The van der Waals surface area contributed by atoms with Crippen molar-refractivity contribution >= 4 is 28.9 Å². The van der Waals surface area contributed by atoms with Gasteiger partial charge in [0.15, 0.2) is 0 Å². The Labute approximate surface area is 92.5 Å². The summed E-state index contributed by atoms with van der Waals surface area (Å²) < 4.78 is 0. The fraction of sp³-hybridized carbons (Fsp3) is 0.300. The van der Waals surface area contributed by atoms with Gasteiger partial charge in [-0.15, -0.1) is 0 Å². The highest BCUT2D eigenvalue weighted by Crippen LogP contribution is 2.31. The molecular weight excluding hydrogens is 216 g/mol. The van der Waals surface area contributed by atoms with Crippen LogP contribution >= 0.6 is 11.6 Å². The van der Waals surface area contributed by atoms with Crippen molar-refractivity contribution in [3.63, 3.8) is 0 Å². The highest BCUT2D eigenvalue weighted by molar-refractivity contribution is 6.31. The number of fused-ring (bicyclic) bond motifs is 1. The summed E-state index contributed by atoms with van der Waals surface area (Å²) in [6.07, 6.45) is 0. The molecule has 2 rings (SSSR count). The topological polar surface area (TPSA) is 52.6 Å². The molecule has 0 saturated carbocycles. The van der Waals surface area contributed by atoms with Crippen LogP contribution in [-0.2, 0) is 4.79 Å². The molecule has 0 aromatic heterocycles. The number of nitrogens with one attached hydrogen (secondary N) is 1. The summed E-state index contributed by atoms with van der Waals surface area (Å²) in [6, 6.07) is 5.31. The van der Waals surface area contributed by atoms with E-state index in [0.717, 1.165) is 5.69 Å². The molecule has 1 aliphatic heterocycles. The van der Waals surface area contributed by atoms with Gasteiger partial charge in [-0.1, -0.05) is 11.6 Å². The van der Waals surface area contributed by atoms with Crippen LogP contribution in [-0.4, -0.2) is 30.7 Å². The van der Waals surface area contributed by atoms with Crippen molar-refractivity contribution in [3.05, 3.63) is 23.2 Å². The highest BCUT2D eigenvalue weighted by atomic mass is 35.5. The van der Waals surface area contributed by atoms with Crippen molar-refractivity contribution < 1.29 is 9.90 Å². The van der Waals surface area contributed by atoms with Gasteiger partial charge in [-0.3, -0.25) is 4.79 Å². The highest BCUT2D eigenvalue weighted by Gasteiger charge is 2.21. The molecule has 1 heterocycles. The second-order valence-electron chi connectivity index (χ2n) is 3.35. The molecule has 15 heavy (non-hydrogen) atoms. The lowest BCUT2D eigenvalue weighted by Crippen LogP contribution is -2.39. The molecule has 1 aromatic rings. The van der Waals surface area contributed by atoms with E-state index in [9.17, 15) is 4.79 Å². The molecule has 1 aromatic carbocycles. The van der Waals surface area contributed by atoms with E-state index in [4.69, 9.17) is 16.7 Å². The molecule has 80 valence electrons. The molecule has 4 nitrogen and oxygen atoms in total. The summed E-state index contributed by atoms with van der Waals surface area (Å²) in [4.78, 5) is 13.2. The first-order chi connectivity index (χ1) is 7.20. The van der Waals surface area contributed by atoms with Gasteiger partial charge in [-0.25, -0.2) is 0 Å². The summed E-state index contributed by atoms with van der Waals surface area (Å²) >= 11 is 5.83. The van der Waals surface area contributed by atoms with Gasteiger partial charge in [0, 0.05) is 11.6 Å². The van der Waals surface area contributed by atoms with Gasteiger partial charge in [-0.05, 0) is 18.2 Å². The monoisotopic (exact) mass is 226 g/mol. The number of benzene rings is 1. The molecule has 1 amide bonds. The smallest absolute Gasteiger partial charge is 0.243 e. The van der Waals surface area contributed by atoms with Crippen LogP contribution in [0, 0.1) is 0 Å². The van der Waals surface area contributed by atoms with E-state index in [1.165, 1.54) is 0 Å². The number of amides is 1. The number of hydrogen-bond donors (Lipinski definition) is 2. The van der Waals surface area contributed by atoms with Crippen LogP contribution in [0.4, 0.5) is 11.4 Å². The van der Waals surface area contributed by atoms with E-state index >= 15 is 0 Å². The van der Waals surface area contributed by atoms with Gasteiger partial charge in [0.05, 0.1) is 24.5 Å². The van der Waals surface area contributed by atoms with Crippen LogP contribution in [0.25, 0.3) is 0 Å². The van der Waals surface area contributed by atoms with Crippen LogP contribution in [0.15, 0.2) is 18.2 Å². The number of rotatable bonds is 2. The predicted octanol–water partition coefficient (Wildman–Crippen LogP) is 1.09. The Morgan fingerprint density at radius 2 is 2.33 bits per heavy atom. The first-order valence-corrected chi connectivity index (χ1v) is 5.03. The summed E-state index contributed by atoms with van der Waals surface area (Å²) in [5.41, 5.74) is 1.60. The van der Waals surface area contributed by atoms with Crippen molar-refractivity contribution in [3.8, 4) is 0 Å². The number of β-amino-alcohol motifs (C(OH)–C–C–N with tert-alkyl or cyclic N) is 1. The maximum absolute atomic E-state index is 11.3. The molecule has 2 N–H and O–H groups in total. The normalized spacial score (nSPS) is 14.8. The number of aliphatic hydroxyl groups excluding tert-OH is 1. The molecule has 0 aliphatic carbocycles. The summed E-state index contributed by atoms with van der Waals surface area (Å²) in [7, 11) is 0. The molecule has 1 aliphatic rings. The van der Waals surface area contributed by atoms with Crippen LogP contribution in [0.1, 0.15) is 0 Å². The minimum atomic E-state index is -0.0850. The first-order valence-electron chi connectivity index (χ1n) is 4.66. The number of anilines is 2. The summed E-state index contributed by atoms with van der Waals surface area (Å²) in [5, 5.41) is 12.2. The number of carbonyl (C=O) groups excluding carboxylic acids is 1. The summed E-state index contributed by atoms with van der Waals surface area (Å²) in [6.45, 7) is 0.743. The SMILES string of the molecule is O=C1CN(CCO)c2ccc(Cl)cc2N1. The summed E-state index contributed by atoms with van der Waals surface area (Å²) in [5.74, 6) is -0.0850. The van der Waals surface area contributed by atoms with Crippen molar-refractivity contribution in [2.24, 2.45) is 0 Å². The maximum Gasteiger partial charge on any atom is 0.243 e. The Morgan fingerprint density at radius 3 is 3.07 bits per heavy atom. The van der Waals surface area contributed by atoms with Gasteiger partial charge >= 0.3 is 0 Å². The molecule has 0 spiro atoms. The first kappa shape index (κ1) is 10.3. The molecular formula is C10H11ClN2O2. The number of nitrogens with zero attached hydrogens (tertiary/aromatic N) is 1. The van der Waals surface area contributed by atoms with Crippen molar-refractivity contribution in [2.75, 3.05) is 29.9 Å². The molecule has 5 heteroatoms. The average Bonchev–Trinajstić information content (AvgIpc) is 2.17. The zero-order chi connectivity index (χ0) is 10.8. The lowest BCUT2D eigenvalue weighted by Gasteiger charge is -2.30. The van der Waals surface area contributed by atoms with Crippen molar-refractivity contribution in [1.82, 2.24) is 0 Å². The van der Waals surface area contributed by atoms with Gasteiger partial charge < -0.3 is 15.3 Å². The van der Waals surface area contributed by atoms with Gasteiger partial charge in [0.2, 0.25) is 5.91 Å². The fourth-order valence-electron chi connectivity index (χ4n) is 1.65. The molecule has 0 radical (unpaired) electrons. The zero-order valence-corrected chi connectivity index (χ0v) is 8.79. The third-order valence-electron chi connectivity index (χ3n) is 2.28. The standard InChI is InChI=1S/C10H11ClN2O2/c11-7-1-2-9-8(5-7)12-10(15)6-13(9)3-4-14/h1-2,5,14H,3-4,6H2,(H,12,15). The van der Waals surface area contributed by atoms with Gasteiger partial charge in [-0.2, -0.15) is 0 Å². The maximum atomic E-state index is 11.3. The molecule has 0 unspecified atom stereocenters. The third-order valence-corrected chi connectivity index (χ3v) is 2.51. The fourth-order valence-corrected chi connectivity index (χ4v) is 1.82. The van der Waals surface area contributed by atoms with Gasteiger partial charge in [0.25, 0.3) is 0 Å². The average molecular weight is 227 g/mol. The van der Waals surface area contributed by atoms with Crippen molar-refractivity contribution in [1.29, 1.82) is 0 Å². The lowest BCUT2D eigenvalue weighted by atomic mass is 10.2. The van der Waals surface area contributed by atoms with E-state index in [0.29, 0.717) is 17.3 Å². The number of hydrogen-bond acceptors (Lipinski definition) is 3. The molecule has 0 bridgehead atoms. The Balaban J connectivity index is 2.37. The number of aliphatic hydroxyl groups is 1. The van der Waals surface area contributed by atoms with Crippen LogP contribution in [0.3, 0.4) is 0 Å². The van der Waals surface area contributed by atoms with Crippen LogP contribution < -0.4 is 10.2 Å². The van der Waals surface area contributed by atoms with E-state index in [2.05, 4.69) is 5.32 Å². The zero-order valence-electron chi connectivity index (χ0n) is 8.03. The van der Waals surface area contributed by atoms with E-state index in [1.807, 2.05) is 11.0 Å². The Hall–Kier alpha value is -1.26. The largest absolute Gasteiger partial charge is 0.395 e. The van der Waals surface area contributed by atoms with E-state index in [-0.39, 0.29) is 19.1 Å². The number of halogens is 1. The Kier molecular flexibility index (Phi) is 2.79. The van der Waals surface area contributed by atoms with Gasteiger partial charge in [0.1, 0.15) is 0 Å². The van der Waals surface area contributed by atoms with E-state index in [1.54, 1.807) is 12.1 Å².